The van der Waals surface area contributed by atoms with Crippen LogP contribution in [-0.4, -0.2) is 63.2 Å². The quantitative estimate of drug-likeness (QED) is 0.787. The molecule has 0 aromatic rings. The molecule has 8 heteroatoms. The number of carboxylic acids is 1. The van der Waals surface area contributed by atoms with Crippen LogP contribution in [-0.2, 0) is 14.3 Å². The summed E-state index contributed by atoms with van der Waals surface area (Å²) in [6.07, 6.45) is -0.620. The molecule has 0 saturated carbocycles. The van der Waals surface area contributed by atoms with Gasteiger partial charge in [-0.25, -0.2) is 9.59 Å². The molecule has 1 aliphatic heterocycles. The van der Waals surface area contributed by atoms with E-state index in [-0.39, 0.29) is 18.9 Å². The first-order chi connectivity index (χ1) is 10.4. The van der Waals surface area contributed by atoms with Crippen molar-refractivity contribution < 1.29 is 24.2 Å². The number of nitrogens with zero attached hydrogens (tertiary/aromatic N) is 1. The third-order valence-corrected chi connectivity index (χ3v) is 4.39. The summed E-state index contributed by atoms with van der Waals surface area (Å²) in [7, 11) is 0. The maximum absolute atomic E-state index is 12.1. The molecule has 0 aromatic carbocycles. The molecule has 1 saturated heterocycles. The summed E-state index contributed by atoms with van der Waals surface area (Å²) in [5.41, 5.74) is -2.20. The molecule has 0 aliphatic carbocycles. The van der Waals surface area contributed by atoms with Crippen LogP contribution in [0.3, 0.4) is 0 Å². The van der Waals surface area contributed by atoms with E-state index < -0.39 is 23.2 Å². The van der Waals surface area contributed by atoms with Crippen LogP contribution < -0.4 is 5.32 Å². The average molecular weight is 346 g/mol. The van der Waals surface area contributed by atoms with Crippen LogP contribution in [0, 0.1) is 0 Å². The lowest BCUT2D eigenvalue weighted by atomic mass is 9.99. The fourth-order valence-electron chi connectivity index (χ4n) is 2.18. The third kappa shape index (κ3) is 5.93. The molecule has 2 amide bonds. The average Bonchev–Trinajstić information content (AvgIpc) is 2.79. The van der Waals surface area contributed by atoms with Crippen molar-refractivity contribution in [3.63, 3.8) is 0 Å². The van der Waals surface area contributed by atoms with Crippen molar-refractivity contribution in [2.24, 2.45) is 0 Å². The molecule has 0 bridgehead atoms. The van der Waals surface area contributed by atoms with Crippen LogP contribution in [0.25, 0.3) is 0 Å². The normalized spacial score (nSPS) is 21.4. The van der Waals surface area contributed by atoms with E-state index in [0.29, 0.717) is 17.5 Å². The topological polar surface area (TPSA) is 95.9 Å². The van der Waals surface area contributed by atoms with Gasteiger partial charge in [-0.2, -0.15) is 0 Å². The summed E-state index contributed by atoms with van der Waals surface area (Å²) in [5, 5.41) is 12.3. The standard InChI is InChI=1S/C15H26N2O5S/c1-10(2)23-8-11(18)17-7-6-15(9-17,12(19)20)16-13(21)22-14(3,4)5/h10H,6-9H2,1-5H3,(H,16,21)(H,19,20). The molecule has 23 heavy (non-hydrogen) atoms. The Hall–Kier alpha value is -1.44. The van der Waals surface area contributed by atoms with E-state index in [1.54, 1.807) is 20.8 Å². The Morgan fingerprint density at radius 3 is 2.43 bits per heavy atom. The van der Waals surface area contributed by atoms with Gasteiger partial charge in [0.25, 0.3) is 0 Å². The molecule has 0 aromatic heterocycles. The molecule has 1 heterocycles. The van der Waals surface area contributed by atoms with Crippen LogP contribution >= 0.6 is 11.8 Å². The molecule has 0 radical (unpaired) electrons. The predicted molar refractivity (Wildman–Crippen MR) is 88.5 cm³/mol. The number of nitrogens with one attached hydrogen (secondary N) is 1. The van der Waals surface area contributed by atoms with Crippen molar-refractivity contribution in [3.8, 4) is 0 Å². The van der Waals surface area contributed by atoms with Gasteiger partial charge in [-0.3, -0.25) is 4.79 Å². The zero-order chi connectivity index (χ0) is 17.8. The first-order valence-electron chi connectivity index (χ1n) is 7.59. The van der Waals surface area contributed by atoms with Gasteiger partial charge < -0.3 is 20.1 Å². The van der Waals surface area contributed by atoms with E-state index in [0.717, 1.165) is 0 Å². The maximum atomic E-state index is 12.1. The Morgan fingerprint density at radius 2 is 1.96 bits per heavy atom. The van der Waals surface area contributed by atoms with Gasteiger partial charge in [-0.15, -0.1) is 11.8 Å². The van der Waals surface area contributed by atoms with E-state index in [1.807, 2.05) is 13.8 Å². The van der Waals surface area contributed by atoms with Crippen LogP contribution in [0.2, 0.25) is 0 Å². The Balaban J connectivity index is 2.71. The smallest absolute Gasteiger partial charge is 0.408 e. The molecule has 132 valence electrons. The second-order valence-electron chi connectivity index (χ2n) is 6.94. The molecular formula is C15H26N2O5S. The van der Waals surface area contributed by atoms with Gasteiger partial charge in [0.05, 0.1) is 12.3 Å². The summed E-state index contributed by atoms with van der Waals surface area (Å²) in [5.74, 6) is -0.965. The highest BCUT2D eigenvalue weighted by molar-refractivity contribution is 8.00. The van der Waals surface area contributed by atoms with Gasteiger partial charge in [-0.05, 0) is 26.0 Å². The lowest BCUT2D eigenvalue weighted by Gasteiger charge is -2.28. The summed E-state index contributed by atoms with van der Waals surface area (Å²) in [6.45, 7) is 9.36. The highest BCUT2D eigenvalue weighted by Crippen LogP contribution is 2.24. The van der Waals surface area contributed by atoms with Crippen LogP contribution in [0.4, 0.5) is 4.79 Å². The van der Waals surface area contributed by atoms with Crippen LogP contribution in [0.5, 0.6) is 0 Å². The molecule has 1 unspecified atom stereocenters. The molecule has 2 N–H and O–H groups in total. The van der Waals surface area contributed by atoms with Gasteiger partial charge in [0.2, 0.25) is 5.91 Å². The number of hydrogen-bond acceptors (Lipinski definition) is 5. The molecule has 1 rings (SSSR count). The number of likely N-dealkylation sites (tertiary alicyclic amines) is 1. The zero-order valence-electron chi connectivity index (χ0n) is 14.3. The monoisotopic (exact) mass is 346 g/mol. The highest BCUT2D eigenvalue weighted by atomic mass is 32.2. The number of thioether (sulfide) groups is 1. The molecule has 7 nitrogen and oxygen atoms in total. The Morgan fingerprint density at radius 1 is 1.35 bits per heavy atom. The largest absolute Gasteiger partial charge is 0.479 e. The maximum Gasteiger partial charge on any atom is 0.408 e. The van der Waals surface area contributed by atoms with Crippen molar-refractivity contribution in [2.45, 2.75) is 57.4 Å². The summed E-state index contributed by atoms with van der Waals surface area (Å²) >= 11 is 1.51. The van der Waals surface area contributed by atoms with Gasteiger partial charge in [-0.1, -0.05) is 13.8 Å². The SMILES string of the molecule is CC(C)SCC(=O)N1CCC(NC(=O)OC(C)(C)C)(C(=O)O)C1. The second-order valence-corrected chi connectivity index (χ2v) is 8.50. The number of carbonyl (C=O) groups excluding carboxylic acids is 2. The minimum atomic E-state index is -1.49. The Labute approximate surface area is 141 Å². The number of carbonyl (C=O) groups is 3. The van der Waals surface area contributed by atoms with E-state index in [9.17, 15) is 19.5 Å². The summed E-state index contributed by atoms with van der Waals surface area (Å²) in [4.78, 5) is 37.2. The van der Waals surface area contributed by atoms with E-state index in [4.69, 9.17) is 4.74 Å². The third-order valence-electron chi connectivity index (χ3n) is 3.31. The van der Waals surface area contributed by atoms with E-state index in [1.165, 1.54) is 16.7 Å². The fourth-order valence-corrected chi connectivity index (χ4v) is 2.84. The van der Waals surface area contributed by atoms with Crippen LogP contribution in [0.15, 0.2) is 0 Å². The molecular weight excluding hydrogens is 320 g/mol. The minimum Gasteiger partial charge on any atom is -0.479 e. The number of amides is 2. The van der Waals surface area contributed by atoms with E-state index >= 15 is 0 Å². The zero-order valence-corrected chi connectivity index (χ0v) is 15.2. The molecule has 1 aliphatic rings. The fraction of sp³-hybridized carbons (Fsp3) is 0.800. The van der Waals surface area contributed by atoms with Gasteiger partial charge in [0.15, 0.2) is 5.54 Å². The van der Waals surface area contributed by atoms with Crippen molar-refractivity contribution in [1.82, 2.24) is 10.2 Å². The lowest BCUT2D eigenvalue weighted by Crippen LogP contribution is -2.57. The lowest BCUT2D eigenvalue weighted by molar-refractivity contribution is -0.144. The molecule has 0 spiro atoms. The number of aliphatic carboxylic acids is 1. The Kier molecular flexibility index (Phi) is 6.33. The van der Waals surface area contributed by atoms with E-state index in [2.05, 4.69) is 5.32 Å². The van der Waals surface area contributed by atoms with Crippen LogP contribution in [0.1, 0.15) is 41.0 Å². The van der Waals surface area contributed by atoms with Gasteiger partial charge >= 0.3 is 12.1 Å². The Bertz CT molecular complexity index is 475. The van der Waals surface area contributed by atoms with Crippen molar-refractivity contribution in [1.29, 1.82) is 0 Å². The van der Waals surface area contributed by atoms with Crippen molar-refractivity contribution >= 4 is 29.7 Å². The minimum absolute atomic E-state index is 0.0426. The van der Waals surface area contributed by atoms with Gasteiger partial charge in [0.1, 0.15) is 5.60 Å². The summed E-state index contributed by atoms with van der Waals surface area (Å²) in [6, 6.07) is 0. The highest BCUT2D eigenvalue weighted by Gasteiger charge is 2.48. The first-order valence-corrected chi connectivity index (χ1v) is 8.64. The number of ether oxygens (including phenoxy) is 1. The predicted octanol–water partition coefficient (Wildman–Crippen LogP) is 1.71. The molecule has 1 fully saturated rings. The number of rotatable bonds is 5. The summed E-state index contributed by atoms with van der Waals surface area (Å²) < 4.78 is 5.13. The van der Waals surface area contributed by atoms with Crippen molar-refractivity contribution in [3.05, 3.63) is 0 Å². The number of carboxylic acid groups (broad SMARTS) is 1. The molecule has 1 atom stereocenters. The van der Waals surface area contributed by atoms with Gasteiger partial charge in [0, 0.05) is 13.0 Å². The number of hydrogen-bond donors (Lipinski definition) is 2. The first kappa shape index (κ1) is 19.6. The second kappa shape index (κ2) is 7.42. The number of alkyl carbamates (subject to hydrolysis) is 1. The van der Waals surface area contributed by atoms with Crippen molar-refractivity contribution in [2.75, 3.05) is 18.8 Å².